The topological polar surface area (TPSA) is 3.24 Å². The number of nitrogens with zero attached hydrogens (tertiary/aromatic N) is 1. The molecule has 0 aliphatic carbocycles. The van der Waals surface area contributed by atoms with Gasteiger partial charge in [0.1, 0.15) is 0 Å². The average molecular weight is 209 g/mol. The first-order valence-electron chi connectivity index (χ1n) is 5.25. The molecular formula is C10H18F3N. The summed E-state index contributed by atoms with van der Waals surface area (Å²) in [6, 6.07) is 0.0791. The lowest BCUT2D eigenvalue weighted by atomic mass is 9.88. The molecule has 14 heavy (non-hydrogen) atoms. The zero-order valence-electron chi connectivity index (χ0n) is 8.77. The minimum atomic E-state index is -4.05. The number of likely N-dealkylation sites (tertiary alicyclic amines) is 1. The van der Waals surface area contributed by atoms with E-state index < -0.39 is 12.7 Å². The van der Waals surface area contributed by atoms with Crippen LogP contribution >= 0.6 is 0 Å². The zero-order valence-corrected chi connectivity index (χ0v) is 8.77. The first-order valence-corrected chi connectivity index (χ1v) is 5.25. The molecule has 0 unspecified atom stereocenters. The molecule has 0 aromatic rings. The standard InChI is InChI=1S/C10H18F3N/c1-3-9-5-4-6-14(8(9)2)7-10(11,12)13/h8-9H,3-7H2,1-2H3/t8-,9+/m0/s1. The van der Waals surface area contributed by atoms with Crippen LogP contribution in [-0.2, 0) is 0 Å². The van der Waals surface area contributed by atoms with E-state index >= 15 is 0 Å². The highest BCUT2D eigenvalue weighted by atomic mass is 19.4. The highest BCUT2D eigenvalue weighted by Gasteiger charge is 2.36. The molecule has 4 heteroatoms. The van der Waals surface area contributed by atoms with E-state index in [0.717, 1.165) is 19.3 Å². The summed E-state index contributed by atoms with van der Waals surface area (Å²) < 4.78 is 36.6. The zero-order chi connectivity index (χ0) is 10.8. The van der Waals surface area contributed by atoms with Crippen molar-refractivity contribution in [3.05, 3.63) is 0 Å². The molecule has 1 nitrogen and oxygen atoms in total. The molecule has 0 aromatic carbocycles. The second kappa shape index (κ2) is 4.51. The largest absolute Gasteiger partial charge is 0.401 e. The van der Waals surface area contributed by atoms with E-state index in [4.69, 9.17) is 0 Å². The third-order valence-electron chi connectivity index (χ3n) is 3.19. The van der Waals surface area contributed by atoms with Crippen molar-refractivity contribution >= 4 is 0 Å². The summed E-state index contributed by atoms with van der Waals surface area (Å²) in [5, 5.41) is 0. The summed E-state index contributed by atoms with van der Waals surface area (Å²) in [5.74, 6) is 0.436. The Bertz CT molecular complexity index is 179. The van der Waals surface area contributed by atoms with E-state index in [1.165, 1.54) is 0 Å². The van der Waals surface area contributed by atoms with Crippen LogP contribution in [0.5, 0.6) is 0 Å². The molecule has 1 rings (SSSR count). The number of piperidine rings is 1. The van der Waals surface area contributed by atoms with Gasteiger partial charge in [0, 0.05) is 6.04 Å². The van der Waals surface area contributed by atoms with Crippen LogP contribution in [0, 0.1) is 5.92 Å². The van der Waals surface area contributed by atoms with Crippen molar-refractivity contribution in [3.63, 3.8) is 0 Å². The Kier molecular flexibility index (Phi) is 3.81. The van der Waals surface area contributed by atoms with E-state index in [9.17, 15) is 13.2 Å². The third kappa shape index (κ3) is 3.15. The minimum Gasteiger partial charge on any atom is -0.292 e. The average Bonchev–Trinajstić information content (AvgIpc) is 2.06. The van der Waals surface area contributed by atoms with E-state index in [2.05, 4.69) is 6.92 Å². The van der Waals surface area contributed by atoms with Crippen LogP contribution in [-0.4, -0.2) is 30.2 Å². The lowest BCUT2D eigenvalue weighted by Gasteiger charge is -2.39. The molecule has 1 saturated heterocycles. The maximum Gasteiger partial charge on any atom is 0.401 e. The minimum absolute atomic E-state index is 0.0791. The van der Waals surface area contributed by atoms with Gasteiger partial charge in [-0.2, -0.15) is 13.2 Å². The molecule has 0 amide bonds. The molecule has 0 bridgehead atoms. The van der Waals surface area contributed by atoms with Gasteiger partial charge in [0.15, 0.2) is 0 Å². The quantitative estimate of drug-likeness (QED) is 0.675. The molecule has 2 atom stereocenters. The molecule has 1 heterocycles. The Morgan fingerprint density at radius 2 is 2.00 bits per heavy atom. The normalized spacial score (nSPS) is 30.6. The van der Waals surface area contributed by atoms with Crippen LogP contribution in [0.25, 0.3) is 0 Å². The molecule has 1 fully saturated rings. The molecule has 1 aliphatic heterocycles. The highest BCUT2D eigenvalue weighted by Crippen LogP contribution is 2.28. The molecule has 0 aromatic heterocycles. The fourth-order valence-electron chi connectivity index (χ4n) is 2.30. The van der Waals surface area contributed by atoms with Crippen molar-refractivity contribution in [1.82, 2.24) is 4.90 Å². The fourth-order valence-corrected chi connectivity index (χ4v) is 2.30. The van der Waals surface area contributed by atoms with E-state index in [1.54, 1.807) is 4.90 Å². The van der Waals surface area contributed by atoms with Crippen molar-refractivity contribution in [3.8, 4) is 0 Å². The number of hydrogen-bond acceptors (Lipinski definition) is 1. The van der Waals surface area contributed by atoms with Crippen LogP contribution in [0.15, 0.2) is 0 Å². The maximum atomic E-state index is 12.2. The second-order valence-corrected chi connectivity index (χ2v) is 4.14. The summed E-state index contributed by atoms with van der Waals surface area (Å²) >= 11 is 0. The molecule has 0 spiro atoms. The van der Waals surface area contributed by atoms with Gasteiger partial charge < -0.3 is 0 Å². The van der Waals surface area contributed by atoms with Crippen LogP contribution in [0.1, 0.15) is 33.1 Å². The van der Waals surface area contributed by atoms with Crippen molar-refractivity contribution in [2.24, 2.45) is 5.92 Å². The van der Waals surface area contributed by atoms with Gasteiger partial charge in [-0.1, -0.05) is 13.3 Å². The summed E-state index contributed by atoms with van der Waals surface area (Å²) in [6.07, 6.45) is -1.09. The van der Waals surface area contributed by atoms with Gasteiger partial charge in [-0.3, -0.25) is 4.90 Å². The first-order chi connectivity index (χ1) is 6.44. The first kappa shape index (κ1) is 11.8. The monoisotopic (exact) mass is 209 g/mol. The van der Waals surface area contributed by atoms with Gasteiger partial charge in [0.05, 0.1) is 6.54 Å². The maximum absolute atomic E-state index is 12.2. The summed E-state index contributed by atoms with van der Waals surface area (Å²) in [6.45, 7) is 3.82. The predicted octanol–water partition coefficient (Wildman–Crippen LogP) is 3.06. The van der Waals surface area contributed by atoms with Crippen molar-refractivity contribution in [2.75, 3.05) is 13.1 Å². The van der Waals surface area contributed by atoms with Gasteiger partial charge in [0.25, 0.3) is 0 Å². The summed E-state index contributed by atoms with van der Waals surface area (Å²) in [4.78, 5) is 1.57. The Labute approximate surface area is 83.3 Å². The van der Waals surface area contributed by atoms with Crippen molar-refractivity contribution in [2.45, 2.75) is 45.3 Å². The lowest BCUT2D eigenvalue weighted by Crippen LogP contribution is -2.47. The smallest absolute Gasteiger partial charge is 0.292 e. The Morgan fingerprint density at radius 3 is 2.50 bits per heavy atom. The van der Waals surface area contributed by atoms with Gasteiger partial charge in [0.2, 0.25) is 0 Å². The van der Waals surface area contributed by atoms with Gasteiger partial charge in [-0.05, 0) is 32.2 Å². The Hall–Kier alpha value is -0.250. The molecule has 0 saturated carbocycles. The highest BCUT2D eigenvalue weighted by molar-refractivity contribution is 4.81. The van der Waals surface area contributed by atoms with Gasteiger partial charge in [-0.25, -0.2) is 0 Å². The number of halogens is 3. The summed E-state index contributed by atoms with van der Waals surface area (Å²) in [5.41, 5.74) is 0. The van der Waals surface area contributed by atoms with Crippen LogP contribution < -0.4 is 0 Å². The number of alkyl halides is 3. The predicted molar refractivity (Wildman–Crippen MR) is 50.1 cm³/mol. The van der Waals surface area contributed by atoms with Crippen molar-refractivity contribution in [1.29, 1.82) is 0 Å². The number of hydrogen-bond donors (Lipinski definition) is 0. The fraction of sp³-hybridized carbons (Fsp3) is 1.00. The van der Waals surface area contributed by atoms with E-state index in [1.807, 2.05) is 6.92 Å². The number of rotatable bonds is 2. The van der Waals surface area contributed by atoms with Crippen molar-refractivity contribution < 1.29 is 13.2 Å². The van der Waals surface area contributed by atoms with Crippen LogP contribution in [0.2, 0.25) is 0 Å². The molecule has 84 valence electrons. The lowest BCUT2D eigenvalue weighted by molar-refractivity contribution is -0.155. The molecular weight excluding hydrogens is 191 g/mol. The van der Waals surface area contributed by atoms with E-state index in [0.29, 0.717) is 12.5 Å². The molecule has 0 radical (unpaired) electrons. The van der Waals surface area contributed by atoms with Crippen LogP contribution in [0.3, 0.4) is 0 Å². The summed E-state index contributed by atoms with van der Waals surface area (Å²) in [7, 11) is 0. The second-order valence-electron chi connectivity index (χ2n) is 4.14. The molecule has 1 aliphatic rings. The SMILES string of the molecule is CC[C@@H]1CCCN(CC(F)(F)F)[C@H]1C. The third-order valence-corrected chi connectivity index (χ3v) is 3.19. The Morgan fingerprint density at radius 1 is 1.36 bits per heavy atom. The van der Waals surface area contributed by atoms with Gasteiger partial charge >= 0.3 is 6.18 Å². The van der Waals surface area contributed by atoms with Gasteiger partial charge in [-0.15, -0.1) is 0 Å². The van der Waals surface area contributed by atoms with E-state index in [-0.39, 0.29) is 6.04 Å². The Balaban J connectivity index is 2.52. The van der Waals surface area contributed by atoms with Crippen LogP contribution in [0.4, 0.5) is 13.2 Å². The molecule has 0 N–H and O–H groups in total.